The average molecular weight is 398 g/mol. The molecule has 1 saturated heterocycles. The van der Waals surface area contributed by atoms with E-state index < -0.39 is 0 Å². The number of fused-ring (bicyclic) bond motifs is 1. The Kier molecular flexibility index (Phi) is 6.17. The summed E-state index contributed by atoms with van der Waals surface area (Å²) < 4.78 is 7.81. The van der Waals surface area contributed by atoms with Crippen LogP contribution in [0.3, 0.4) is 0 Å². The number of nitrogens with one attached hydrogen (secondary N) is 1. The number of hydrogen-bond acceptors (Lipinski definition) is 5. The summed E-state index contributed by atoms with van der Waals surface area (Å²) in [6.07, 6.45) is 4.72. The van der Waals surface area contributed by atoms with Crippen molar-refractivity contribution in [3.8, 4) is 5.75 Å². The maximum absolute atomic E-state index is 5.52. The Balaban J connectivity index is 1.35. The van der Waals surface area contributed by atoms with Crippen molar-refractivity contribution in [3.63, 3.8) is 0 Å². The maximum Gasteiger partial charge on any atom is 0.194 e. The zero-order chi connectivity index (χ0) is 20.1. The van der Waals surface area contributed by atoms with Crippen molar-refractivity contribution in [2.24, 2.45) is 4.99 Å². The van der Waals surface area contributed by atoms with E-state index in [2.05, 4.69) is 47.0 Å². The molecular weight excluding hydrogens is 366 g/mol. The van der Waals surface area contributed by atoms with E-state index in [0.717, 1.165) is 68.2 Å². The molecule has 1 aromatic heterocycles. The Labute approximate surface area is 172 Å². The number of aliphatic imine (C=N–C) groups is 1. The molecule has 0 saturated carbocycles. The summed E-state index contributed by atoms with van der Waals surface area (Å²) in [6, 6.07) is 8.21. The summed E-state index contributed by atoms with van der Waals surface area (Å²) in [6.45, 7) is 5.37. The number of hydrogen-bond donors (Lipinski definition) is 1. The predicted molar refractivity (Wildman–Crippen MR) is 115 cm³/mol. The lowest BCUT2D eigenvalue weighted by Crippen LogP contribution is -2.52. The molecule has 1 fully saturated rings. The normalized spacial score (nSPS) is 17.7. The summed E-state index contributed by atoms with van der Waals surface area (Å²) in [4.78, 5) is 9.19. The molecule has 2 aliphatic heterocycles. The molecule has 156 valence electrons. The lowest BCUT2D eigenvalue weighted by atomic mass is 10.2. The van der Waals surface area contributed by atoms with Gasteiger partial charge in [0.2, 0.25) is 0 Å². The van der Waals surface area contributed by atoms with Gasteiger partial charge in [-0.3, -0.25) is 4.99 Å². The molecule has 2 aliphatic rings. The van der Waals surface area contributed by atoms with Crippen molar-refractivity contribution in [2.45, 2.75) is 38.8 Å². The molecule has 3 heterocycles. The molecule has 1 aromatic carbocycles. The van der Waals surface area contributed by atoms with Gasteiger partial charge in [0.05, 0.1) is 19.3 Å². The molecule has 1 N–H and O–H groups in total. The highest BCUT2D eigenvalue weighted by Crippen LogP contribution is 2.28. The van der Waals surface area contributed by atoms with E-state index in [1.165, 1.54) is 19.3 Å². The highest BCUT2D eigenvalue weighted by molar-refractivity contribution is 5.80. The number of nitrogens with zero attached hydrogens (tertiary/aromatic N) is 6. The number of benzene rings is 1. The van der Waals surface area contributed by atoms with Gasteiger partial charge in [-0.1, -0.05) is 18.6 Å². The van der Waals surface area contributed by atoms with Gasteiger partial charge < -0.3 is 24.4 Å². The quantitative estimate of drug-likeness (QED) is 0.628. The molecule has 0 radical (unpaired) electrons. The van der Waals surface area contributed by atoms with Crippen LogP contribution < -0.4 is 15.0 Å². The number of aromatic nitrogens is 3. The minimum atomic E-state index is 0.659. The van der Waals surface area contributed by atoms with Crippen molar-refractivity contribution in [3.05, 3.63) is 35.9 Å². The average Bonchev–Trinajstić information content (AvgIpc) is 3.00. The van der Waals surface area contributed by atoms with E-state index in [1.807, 2.05) is 19.2 Å². The van der Waals surface area contributed by atoms with Crippen LogP contribution in [0.5, 0.6) is 5.75 Å². The summed E-state index contributed by atoms with van der Waals surface area (Å²) in [5.74, 6) is 3.99. The number of methoxy groups -OCH3 is 1. The van der Waals surface area contributed by atoms with Crippen LogP contribution in [0.25, 0.3) is 0 Å². The highest BCUT2D eigenvalue weighted by Gasteiger charge is 2.22. The van der Waals surface area contributed by atoms with Crippen molar-refractivity contribution < 1.29 is 4.74 Å². The molecule has 0 unspecified atom stereocenters. The fourth-order valence-corrected chi connectivity index (χ4v) is 4.22. The number of piperazine rings is 1. The predicted octanol–water partition coefficient (Wildman–Crippen LogP) is 1.91. The van der Waals surface area contributed by atoms with Gasteiger partial charge in [0.15, 0.2) is 11.8 Å². The standard InChI is InChI=1S/C21H31N7O/c1-22-21(23-16-20-25-24-19-10-4-3-7-11-28(19)20)27-14-12-26(13-15-27)17-8-5-6-9-18(17)29-2/h5-6,8-9H,3-4,7,10-16H2,1-2H3,(H,22,23). The molecule has 0 amide bonds. The second-order valence-corrected chi connectivity index (χ2v) is 7.54. The Morgan fingerprint density at radius 1 is 1.07 bits per heavy atom. The van der Waals surface area contributed by atoms with Crippen molar-refractivity contribution in [1.82, 2.24) is 25.0 Å². The number of rotatable bonds is 4. The van der Waals surface area contributed by atoms with Crippen LogP contribution in [-0.2, 0) is 19.5 Å². The van der Waals surface area contributed by atoms with Gasteiger partial charge in [0.25, 0.3) is 0 Å². The van der Waals surface area contributed by atoms with E-state index >= 15 is 0 Å². The fraction of sp³-hybridized carbons (Fsp3) is 0.571. The van der Waals surface area contributed by atoms with Gasteiger partial charge in [-0.2, -0.15) is 0 Å². The second kappa shape index (κ2) is 9.15. The number of guanidine groups is 1. The lowest BCUT2D eigenvalue weighted by Gasteiger charge is -2.38. The van der Waals surface area contributed by atoms with Gasteiger partial charge >= 0.3 is 0 Å². The Bertz CT molecular complexity index is 839. The van der Waals surface area contributed by atoms with Crippen LogP contribution in [0.15, 0.2) is 29.3 Å². The third-order valence-corrected chi connectivity index (χ3v) is 5.81. The summed E-state index contributed by atoms with van der Waals surface area (Å²) in [5, 5.41) is 12.3. The van der Waals surface area contributed by atoms with Crippen LogP contribution in [0.2, 0.25) is 0 Å². The number of para-hydroxylation sites is 2. The molecular formula is C21H31N7O. The number of anilines is 1. The second-order valence-electron chi connectivity index (χ2n) is 7.54. The Hall–Kier alpha value is -2.77. The molecule has 0 aliphatic carbocycles. The molecule has 29 heavy (non-hydrogen) atoms. The van der Waals surface area contributed by atoms with Crippen molar-refractivity contribution >= 4 is 11.6 Å². The first-order valence-electron chi connectivity index (χ1n) is 10.5. The van der Waals surface area contributed by atoms with Gasteiger partial charge in [0, 0.05) is 46.2 Å². The first-order chi connectivity index (χ1) is 14.3. The fourth-order valence-electron chi connectivity index (χ4n) is 4.22. The number of ether oxygens (including phenoxy) is 1. The molecule has 0 spiro atoms. The van der Waals surface area contributed by atoms with E-state index in [9.17, 15) is 0 Å². The van der Waals surface area contributed by atoms with Crippen molar-refractivity contribution in [1.29, 1.82) is 0 Å². The Morgan fingerprint density at radius 2 is 1.90 bits per heavy atom. The third kappa shape index (κ3) is 4.31. The smallest absolute Gasteiger partial charge is 0.194 e. The van der Waals surface area contributed by atoms with Gasteiger partial charge in [-0.15, -0.1) is 10.2 Å². The van der Waals surface area contributed by atoms with Crippen LogP contribution >= 0.6 is 0 Å². The first-order valence-corrected chi connectivity index (χ1v) is 10.5. The minimum absolute atomic E-state index is 0.659. The summed E-state index contributed by atoms with van der Waals surface area (Å²) in [5.41, 5.74) is 1.16. The van der Waals surface area contributed by atoms with E-state index in [-0.39, 0.29) is 0 Å². The maximum atomic E-state index is 5.52. The van der Waals surface area contributed by atoms with Crippen LogP contribution in [-0.4, -0.2) is 66.0 Å². The van der Waals surface area contributed by atoms with Gasteiger partial charge in [-0.25, -0.2) is 0 Å². The zero-order valence-electron chi connectivity index (χ0n) is 17.5. The number of aryl methyl sites for hydroxylation is 1. The molecule has 8 nitrogen and oxygen atoms in total. The minimum Gasteiger partial charge on any atom is -0.495 e. The van der Waals surface area contributed by atoms with E-state index in [4.69, 9.17) is 4.74 Å². The highest BCUT2D eigenvalue weighted by atomic mass is 16.5. The molecule has 2 aromatic rings. The zero-order valence-corrected chi connectivity index (χ0v) is 17.5. The van der Waals surface area contributed by atoms with Gasteiger partial charge in [0.1, 0.15) is 11.6 Å². The molecule has 8 heteroatoms. The van der Waals surface area contributed by atoms with Gasteiger partial charge in [-0.05, 0) is 25.0 Å². The SMILES string of the molecule is CN=C(NCc1nnc2n1CCCCC2)N1CCN(c2ccccc2OC)CC1. The molecule has 0 bridgehead atoms. The van der Waals surface area contributed by atoms with Crippen LogP contribution in [0.4, 0.5) is 5.69 Å². The third-order valence-electron chi connectivity index (χ3n) is 5.81. The van der Waals surface area contributed by atoms with Crippen LogP contribution in [0.1, 0.15) is 30.9 Å². The van der Waals surface area contributed by atoms with E-state index in [1.54, 1.807) is 7.11 Å². The molecule has 0 atom stereocenters. The summed E-state index contributed by atoms with van der Waals surface area (Å²) >= 11 is 0. The Morgan fingerprint density at radius 3 is 2.69 bits per heavy atom. The first kappa shape index (κ1) is 19.5. The molecule has 4 rings (SSSR count). The summed E-state index contributed by atoms with van der Waals surface area (Å²) in [7, 11) is 3.57. The lowest BCUT2D eigenvalue weighted by molar-refractivity contribution is 0.366. The van der Waals surface area contributed by atoms with Crippen LogP contribution in [0, 0.1) is 0 Å². The van der Waals surface area contributed by atoms with E-state index in [0.29, 0.717) is 6.54 Å². The topological polar surface area (TPSA) is 70.8 Å². The van der Waals surface area contributed by atoms with Crippen molar-refractivity contribution in [2.75, 3.05) is 45.2 Å². The monoisotopic (exact) mass is 397 g/mol. The largest absolute Gasteiger partial charge is 0.495 e.